The number of carboxylic acids is 1. The molecule has 0 spiro atoms. The monoisotopic (exact) mass is 610 g/mol. The number of ether oxygens (including phenoxy) is 2. The maximum Gasteiger partial charge on any atom is 0.416 e. The van der Waals surface area contributed by atoms with Crippen LogP contribution in [0.5, 0.6) is 5.75 Å². The molecule has 0 radical (unpaired) electrons. The largest absolute Gasteiger partial charge is 0.493 e. The summed E-state index contributed by atoms with van der Waals surface area (Å²) in [5, 5.41) is 11.8. The summed E-state index contributed by atoms with van der Waals surface area (Å²) >= 11 is 0. The summed E-state index contributed by atoms with van der Waals surface area (Å²) in [4.78, 5) is 27.6. The fourth-order valence-corrected chi connectivity index (χ4v) is 4.49. The van der Waals surface area contributed by atoms with E-state index < -0.39 is 23.8 Å². The standard InChI is InChI=1S/C33H33F3N2O6/c1-20(2)43-32(41)37-19-26-18-28(13-11-23(26)12-14-30(39)40)42-16-15-29-21(3)44-31(38-29)24-9-7-22(8-10-24)25-5-4-6-27(17-25)33(34,35)36/h4-11,13,17-18,20H,12,14-16,19H2,1-3H3,(H,37,41)(H,39,40). The number of aliphatic carboxylic acids is 1. The van der Waals surface area contributed by atoms with Gasteiger partial charge in [0.1, 0.15) is 11.5 Å². The van der Waals surface area contributed by atoms with Crippen LogP contribution < -0.4 is 10.1 Å². The molecule has 232 valence electrons. The zero-order chi connectivity index (χ0) is 31.9. The molecule has 1 aromatic heterocycles. The second kappa shape index (κ2) is 14.1. The van der Waals surface area contributed by atoms with Crippen molar-refractivity contribution in [3.63, 3.8) is 0 Å². The zero-order valence-electron chi connectivity index (χ0n) is 24.5. The number of benzene rings is 3. The van der Waals surface area contributed by atoms with E-state index in [2.05, 4.69) is 10.3 Å². The molecule has 4 aromatic rings. The number of hydrogen-bond acceptors (Lipinski definition) is 6. The Balaban J connectivity index is 1.40. The molecule has 44 heavy (non-hydrogen) atoms. The van der Waals surface area contributed by atoms with Gasteiger partial charge in [0.2, 0.25) is 5.89 Å². The molecule has 0 aliphatic rings. The molecule has 0 fully saturated rings. The summed E-state index contributed by atoms with van der Waals surface area (Å²) in [5.41, 5.74) is 3.26. The van der Waals surface area contributed by atoms with Crippen molar-refractivity contribution in [2.45, 2.75) is 58.9 Å². The lowest BCUT2D eigenvalue weighted by Crippen LogP contribution is -2.26. The number of carboxylic acid groups (broad SMARTS) is 1. The van der Waals surface area contributed by atoms with Crippen molar-refractivity contribution in [3.8, 4) is 28.3 Å². The number of amides is 1. The lowest BCUT2D eigenvalue weighted by atomic mass is 10.0. The van der Waals surface area contributed by atoms with Crippen LogP contribution in [0.3, 0.4) is 0 Å². The summed E-state index contributed by atoms with van der Waals surface area (Å²) in [6, 6.07) is 17.4. The van der Waals surface area contributed by atoms with Gasteiger partial charge in [0.05, 0.1) is 24.0 Å². The molecular formula is C33H33F3N2O6. The number of hydrogen-bond donors (Lipinski definition) is 2. The molecule has 4 rings (SSSR count). The number of alkyl halides is 3. The third-order valence-electron chi connectivity index (χ3n) is 6.71. The van der Waals surface area contributed by atoms with Gasteiger partial charge in [-0.25, -0.2) is 9.78 Å². The van der Waals surface area contributed by atoms with E-state index >= 15 is 0 Å². The number of carbonyl (C=O) groups excluding carboxylic acids is 1. The first kappa shape index (κ1) is 32.1. The van der Waals surface area contributed by atoms with Gasteiger partial charge >= 0.3 is 18.2 Å². The molecule has 0 bridgehead atoms. The first-order valence-corrected chi connectivity index (χ1v) is 14.0. The zero-order valence-corrected chi connectivity index (χ0v) is 24.5. The van der Waals surface area contributed by atoms with E-state index in [0.29, 0.717) is 52.6 Å². The molecular weight excluding hydrogens is 577 g/mol. The second-order valence-corrected chi connectivity index (χ2v) is 10.4. The quantitative estimate of drug-likeness (QED) is 0.170. The Hall–Kier alpha value is -4.80. The maximum absolute atomic E-state index is 13.1. The minimum atomic E-state index is -4.42. The fraction of sp³-hybridized carbons (Fsp3) is 0.303. The van der Waals surface area contributed by atoms with Crippen LogP contribution in [0.25, 0.3) is 22.6 Å². The Morgan fingerprint density at radius 1 is 0.955 bits per heavy atom. The molecule has 8 nitrogen and oxygen atoms in total. The van der Waals surface area contributed by atoms with Crippen LogP contribution in [0.4, 0.5) is 18.0 Å². The van der Waals surface area contributed by atoms with E-state index in [1.54, 1.807) is 69.3 Å². The minimum absolute atomic E-state index is 0.0502. The molecule has 3 aromatic carbocycles. The van der Waals surface area contributed by atoms with Crippen LogP contribution in [0, 0.1) is 6.92 Å². The Bertz CT molecular complexity index is 1600. The van der Waals surface area contributed by atoms with Crippen LogP contribution in [-0.4, -0.2) is 34.9 Å². The molecule has 11 heteroatoms. The van der Waals surface area contributed by atoms with Crippen molar-refractivity contribution in [2.75, 3.05) is 6.61 Å². The molecule has 0 unspecified atom stereocenters. The average molecular weight is 611 g/mol. The first-order chi connectivity index (χ1) is 20.9. The summed E-state index contributed by atoms with van der Waals surface area (Å²) in [7, 11) is 0. The van der Waals surface area contributed by atoms with Crippen LogP contribution in [0.15, 0.2) is 71.1 Å². The number of aromatic nitrogens is 1. The van der Waals surface area contributed by atoms with Crippen molar-refractivity contribution >= 4 is 12.1 Å². The Labute approximate surface area is 252 Å². The summed E-state index contributed by atoms with van der Waals surface area (Å²) in [6.45, 7) is 5.70. The summed E-state index contributed by atoms with van der Waals surface area (Å²) in [5.74, 6) is 0.628. The lowest BCUT2D eigenvalue weighted by molar-refractivity contribution is -0.138. The van der Waals surface area contributed by atoms with Gasteiger partial charge < -0.3 is 24.3 Å². The molecule has 0 saturated carbocycles. The van der Waals surface area contributed by atoms with Crippen LogP contribution in [0.2, 0.25) is 0 Å². The Kier molecular flexibility index (Phi) is 10.3. The molecule has 0 atom stereocenters. The van der Waals surface area contributed by atoms with Gasteiger partial charge in [-0.15, -0.1) is 0 Å². The van der Waals surface area contributed by atoms with Gasteiger partial charge in [0.15, 0.2) is 0 Å². The highest BCUT2D eigenvalue weighted by molar-refractivity contribution is 5.69. The molecule has 1 amide bonds. The number of alkyl carbamates (subject to hydrolysis) is 1. The van der Waals surface area contributed by atoms with Crippen molar-refractivity contribution < 1.29 is 41.8 Å². The maximum atomic E-state index is 13.1. The lowest BCUT2D eigenvalue weighted by Gasteiger charge is -2.14. The average Bonchev–Trinajstić information content (AvgIpc) is 3.35. The van der Waals surface area contributed by atoms with Gasteiger partial charge in [-0.1, -0.05) is 30.3 Å². The van der Waals surface area contributed by atoms with Crippen LogP contribution in [-0.2, 0) is 35.1 Å². The number of nitrogens with zero attached hydrogens (tertiary/aromatic N) is 1. The molecule has 0 aliphatic heterocycles. The third kappa shape index (κ3) is 8.85. The van der Waals surface area contributed by atoms with Gasteiger partial charge in [0, 0.05) is 24.9 Å². The summed E-state index contributed by atoms with van der Waals surface area (Å²) in [6.07, 6.45) is -4.58. The van der Waals surface area contributed by atoms with Gasteiger partial charge in [-0.2, -0.15) is 13.2 Å². The topological polar surface area (TPSA) is 111 Å². The van der Waals surface area contributed by atoms with E-state index in [0.717, 1.165) is 23.3 Å². The fourth-order valence-electron chi connectivity index (χ4n) is 4.49. The van der Waals surface area contributed by atoms with Gasteiger partial charge in [-0.3, -0.25) is 4.79 Å². The van der Waals surface area contributed by atoms with Crippen molar-refractivity contribution in [2.24, 2.45) is 0 Å². The number of rotatable bonds is 12. The first-order valence-electron chi connectivity index (χ1n) is 14.0. The highest BCUT2D eigenvalue weighted by Gasteiger charge is 2.30. The van der Waals surface area contributed by atoms with Gasteiger partial charge in [0.25, 0.3) is 0 Å². The second-order valence-electron chi connectivity index (χ2n) is 10.4. The van der Waals surface area contributed by atoms with Crippen LogP contribution in [0.1, 0.15) is 48.4 Å². The smallest absolute Gasteiger partial charge is 0.416 e. The minimum Gasteiger partial charge on any atom is -0.493 e. The van der Waals surface area contributed by atoms with E-state index in [1.165, 1.54) is 6.07 Å². The van der Waals surface area contributed by atoms with E-state index in [4.69, 9.17) is 19.0 Å². The Morgan fingerprint density at radius 2 is 1.68 bits per heavy atom. The van der Waals surface area contributed by atoms with Crippen molar-refractivity contribution in [3.05, 3.63) is 94.9 Å². The number of oxazole rings is 1. The molecule has 2 N–H and O–H groups in total. The predicted octanol–water partition coefficient (Wildman–Crippen LogP) is 7.61. The summed E-state index contributed by atoms with van der Waals surface area (Å²) < 4.78 is 56.2. The van der Waals surface area contributed by atoms with E-state index in [-0.39, 0.29) is 25.7 Å². The molecule has 1 heterocycles. The number of aryl methyl sites for hydroxylation is 2. The SMILES string of the molecule is Cc1oc(-c2ccc(-c3cccc(C(F)(F)F)c3)cc2)nc1CCOc1ccc(CCC(=O)O)c(CNC(=O)OC(C)C)c1. The Morgan fingerprint density at radius 3 is 2.36 bits per heavy atom. The number of nitrogens with one attached hydrogen (secondary N) is 1. The predicted molar refractivity (Wildman–Crippen MR) is 157 cm³/mol. The van der Waals surface area contributed by atoms with Crippen molar-refractivity contribution in [1.29, 1.82) is 0 Å². The van der Waals surface area contributed by atoms with E-state index in [1.807, 2.05) is 0 Å². The van der Waals surface area contributed by atoms with E-state index in [9.17, 15) is 22.8 Å². The molecule has 0 saturated heterocycles. The third-order valence-corrected chi connectivity index (χ3v) is 6.71. The van der Waals surface area contributed by atoms with Crippen molar-refractivity contribution in [1.82, 2.24) is 10.3 Å². The highest BCUT2D eigenvalue weighted by atomic mass is 19.4. The van der Waals surface area contributed by atoms with Crippen LogP contribution >= 0.6 is 0 Å². The normalized spacial score (nSPS) is 11.4. The number of carbonyl (C=O) groups is 2. The van der Waals surface area contributed by atoms with Gasteiger partial charge in [-0.05, 0) is 85.8 Å². The highest BCUT2D eigenvalue weighted by Crippen LogP contribution is 2.33. The number of halogens is 3. The molecule has 0 aliphatic carbocycles.